The van der Waals surface area contributed by atoms with E-state index >= 15 is 0 Å². The predicted octanol–water partition coefficient (Wildman–Crippen LogP) is 5.22. The van der Waals surface area contributed by atoms with Crippen molar-refractivity contribution in [1.82, 2.24) is 4.57 Å². The molecule has 1 aromatic heterocycles. The summed E-state index contributed by atoms with van der Waals surface area (Å²) in [7, 11) is 1.25. The molecule has 2 unspecified atom stereocenters. The third-order valence-electron chi connectivity index (χ3n) is 5.43. The van der Waals surface area contributed by atoms with Gasteiger partial charge in [0.1, 0.15) is 17.3 Å². The molecule has 0 aliphatic heterocycles. The Labute approximate surface area is 195 Å². The first-order chi connectivity index (χ1) is 15.8. The molecule has 1 heterocycles. The highest BCUT2D eigenvalue weighted by Crippen LogP contribution is 2.50. The Morgan fingerprint density at radius 2 is 1.71 bits per heavy atom. The van der Waals surface area contributed by atoms with E-state index in [0.29, 0.717) is 0 Å². The fourth-order valence-electron chi connectivity index (χ4n) is 3.49. The molecule has 0 aliphatic carbocycles. The van der Waals surface area contributed by atoms with Crippen LogP contribution in [0.15, 0.2) is 59.5 Å². The van der Waals surface area contributed by atoms with Crippen molar-refractivity contribution in [2.45, 2.75) is 24.6 Å². The van der Waals surface area contributed by atoms with E-state index in [2.05, 4.69) is 0 Å². The lowest BCUT2D eigenvalue weighted by Gasteiger charge is -2.37. The number of halogens is 5. The van der Waals surface area contributed by atoms with Crippen molar-refractivity contribution < 1.29 is 37.3 Å². The van der Waals surface area contributed by atoms with Gasteiger partial charge >= 0.3 is 12.1 Å². The van der Waals surface area contributed by atoms with Gasteiger partial charge in [-0.2, -0.15) is 13.2 Å². The first-order valence-corrected chi connectivity index (χ1v) is 10.1. The number of pyridine rings is 1. The fraction of sp³-hybridized carbons (Fsp3) is 0.217. The quantitative estimate of drug-likeness (QED) is 0.454. The molecule has 34 heavy (non-hydrogen) atoms. The molecule has 3 rings (SSSR count). The molecule has 0 amide bonds. The van der Waals surface area contributed by atoms with Gasteiger partial charge in [0.15, 0.2) is 5.60 Å². The van der Waals surface area contributed by atoms with Crippen LogP contribution in [0.1, 0.15) is 34.3 Å². The number of carboxylic acid groups (broad SMARTS) is 1. The van der Waals surface area contributed by atoms with E-state index in [0.717, 1.165) is 48.0 Å². The maximum atomic E-state index is 14.2. The standard InChI is InChI=1S/C23H18ClF4NO5/c1-12(22(33,23(26,27)28)13-3-8-20(30)29(2)11-13)17-9-14(5-7-18(17)24)34-15-4-6-16(21(31)32)19(25)10-15/h3-12,33H,1-2H3,(H,31,32). The van der Waals surface area contributed by atoms with Gasteiger partial charge in [0.05, 0.1) is 5.56 Å². The number of carboxylic acids is 1. The van der Waals surface area contributed by atoms with Gasteiger partial charge in [-0.05, 0) is 42.0 Å². The molecule has 0 fully saturated rings. The number of nitrogens with zero attached hydrogens (tertiary/aromatic N) is 1. The van der Waals surface area contributed by atoms with Crippen LogP contribution < -0.4 is 10.3 Å². The normalized spacial score (nSPS) is 14.4. The van der Waals surface area contributed by atoms with Gasteiger partial charge in [0.25, 0.3) is 0 Å². The summed E-state index contributed by atoms with van der Waals surface area (Å²) in [6.45, 7) is 1.12. The van der Waals surface area contributed by atoms with Gasteiger partial charge in [-0.15, -0.1) is 0 Å². The molecule has 0 bridgehead atoms. The maximum Gasteiger partial charge on any atom is 0.422 e. The molecule has 2 atom stereocenters. The largest absolute Gasteiger partial charge is 0.478 e. The smallest absolute Gasteiger partial charge is 0.422 e. The SMILES string of the molecule is CC(c1cc(Oc2ccc(C(=O)O)c(F)c2)ccc1Cl)C(O)(c1ccc(=O)n(C)c1)C(F)(F)F. The summed E-state index contributed by atoms with van der Waals surface area (Å²) in [4.78, 5) is 22.6. The molecule has 11 heteroatoms. The van der Waals surface area contributed by atoms with Crippen molar-refractivity contribution in [3.05, 3.63) is 92.6 Å². The molecule has 3 aromatic rings. The average molecular weight is 500 g/mol. The Balaban J connectivity index is 2.05. The van der Waals surface area contributed by atoms with Crippen LogP contribution in [0.3, 0.4) is 0 Å². The first kappa shape index (κ1) is 25.3. The molecule has 0 saturated heterocycles. The summed E-state index contributed by atoms with van der Waals surface area (Å²) in [5.74, 6) is -4.33. The summed E-state index contributed by atoms with van der Waals surface area (Å²) >= 11 is 6.16. The summed E-state index contributed by atoms with van der Waals surface area (Å²) in [5, 5.41) is 19.8. The molecule has 0 radical (unpaired) electrons. The van der Waals surface area contributed by atoms with E-state index in [1.54, 1.807) is 0 Å². The number of ether oxygens (including phenoxy) is 1. The predicted molar refractivity (Wildman–Crippen MR) is 115 cm³/mol. The van der Waals surface area contributed by atoms with E-state index < -0.39 is 46.2 Å². The number of alkyl halides is 3. The molecular weight excluding hydrogens is 482 g/mol. The number of rotatable bonds is 6. The lowest BCUT2D eigenvalue weighted by molar-refractivity contribution is -0.274. The number of benzene rings is 2. The van der Waals surface area contributed by atoms with Crippen molar-refractivity contribution in [1.29, 1.82) is 0 Å². The van der Waals surface area contributed by atoms with Crippen molar-refractivity contribution in [2.24, 2.45) is 7.05 Å². The topological polar surface area (TPSA) is 88.8 Å². The number of aliphatic hydroxyl groups is 1. The molecule has 0 saturated carbocycles. The summed E-state index contributed by atoms with van der Waals surface area (Å²) in [5.41, 5.74) is -5.25. The van der Waals surface area contributed by atoms with Gasteiger partial charge in [0.2, 0.25) is 5.56 Å². The Morgan fingerprint density at radius 3 is 2.26 bits per heavy atom. The third kappa shape index (κ3) is 4.64. The van der Waals surface area contributed by atoms with E-state index in [4.69, 9.17) is 21.4 Å². The molecule has 0 spiro atoms. The number of hydrogen-bond donors (Lipinski definition) is 2. The number of aromatic carboxylic acids is 1. The second-order valence-electron chi connectivity index (χ2n) is 7.58. The van der Waals surface area contributed by atoms with Crippen LogP contribution in [0, 0.1) is 5.82 Å². The molecular formula is C23H18ClF4NO5. The van der Waals surface area contributed by atoms with Crippen LogP contribution in [0.2, 0.25) is 5.02 Å². The molecule has 180 valence electrons. The Kier molecular flexibility index (Phi) is 6.77. The van der Waals surface area contributed by atoms with E-state index in [9.17, 15) is 32.3 Å². The highest BCUT2D eigenvalue weighted by molar-refractivity contribution is 6.31. The monoisotopic (exact) mass is 499 g/mol. The highest BCUT2D eigenvalue weighted by Gasteiger charge is 2.59. The highest BCUT2D eigenvalue weighted by atomic mass is 35.5. The second-order valence-corrected chi connectivity index (χ2v) is 7.99. The minimum atomic E-state index is -5.15. The molecule has 2 N–H and O–H groups in total. The van der Waals surface area contributed by atoms with E-state index in [1.165, 1.54) is 25.2 Å². The third-order valence-corrected chi connectivity index (χ3v) is 5.77. The zero-order valence-corrected chi connectivity index (χ0v) is 18.5. The van der Waals surface area contributed by atoms with Crippen molar-refractivity contribution >= 4 is 17.6 Å². The number of aryl methyl sites for hydroxylation is 1. The lowest BCUT2D eigenvalue weighted by Crippen LogP contribution is -2.47. The van der Waals surface area contributed by atoms with Crippen LogP contribution in [-0.2, 0) is 12.6 Å². The van der Waals surface area contributed by atoms with Gasteiger partial charge in [-0.25, -0.2) is 9.18 Å². The van der Waals surface area contributed by atoms with Crippen LogP contribution in [0.4, 0.5) is 17.6 Å². The van der Waals surface area contributed by atoms with E-state index in [1.807, 2.05) is 0 Å². The minimum Gasteiger partial charge on any atom is -0.478 e. The second kappa shape index (κ2) is 9.11. The number of hydrogen-bond acceptors (Lipinski definition) is 4. The number of carbonyl (C=O) groups is 1. The Morgan fingerprint density at radius 1 is 1.09 bits per heavy atom. The van der Waals surface area contributed by atoms with E-state index in [-0.39, 0.29) is 22.1 Å². The minimum absolute atomic E-state index is 0.0290. The fourth-order valence-corrected chi connectivity index (χ4v) is 3.77. The van der Waals surface area contributed by atoms with Gasteiger partial charge in [-0.3, -0.25) is 4.79 Å². The van der Waals surface area contributed by atoms with Crippen LogP contribution >= 0.6 is 11.6 Å². The molecule has 2 aromatic carbocycles. The summed E-state index contributed by atoms with van der Waals surface area (Å²) < 4.78 is 62.9. The van der Waals surface area contributed by atoms with Gasteiger partial charge < -0.3 is 19.5 Å². The van der Waals surface area contributed by atoms with Crippen LogP contribution in [-0.4, -0.2) is 26.9 Å². The molecule has 0 aliphatic rings. The lowest BCUT2D eigenvalue weighted by atomic mass is 9.78. The zero-order valence-electron chi connectivity index (χ0n) is 17.7. The van der Waals surface area contributed by atoms with Crippen molar-refractivity contribution in [3.8, 4) is 11.5 Å². The van der Waals surface area contributed by atoms with Crippen molar-refractivity contribution in [3.63, 3.8) is 0 Å². The Hall–Kier alpha value is -3.37. The molecule has 6 nitrogen and oxygen atoms in total. The van der Waals surface area contributed by atoms with Gasteiger partial charge in [-0.1, -0.05) is 18.5 Å². The number of aromatic nitrogens is 1. The summed E-state index contributed by atoms with van der Waals surface area (Å²) in [6.07, 6.45) is -4.26. The summed E-state index contributed by atoms with van der Waals surface area (Å²) in [6, 6.07) is 8.52. The maximum absolute atomic E-state index is 14.2. The van der Waals surface area contributed by atoms with Crippen LogP contribution in [0.25, 0.3) is 0 Å². The Bertz CT molecular complexity index is 1310. The average Bonchev–Trinajstić information content (AvgIpc) is 2.75. The van der Waals surface area contributed by atoms with Crippen molar-refractivity contribution in [2.75, 3.05) is 0 Å². The zero-order chi connectivity index (χ0) is 25.4. The van der Waals surface area contributed by atoms with Crippen LogP contribution in [0.5, 0.6) is 11.5 Å². The van der Waals surface area contributed by atoms with Gasteiger partial charge in [0, 0.05) is 41.9 Å². The first-order valence-electron chi connectivity index (χ1n) is 9.72.